The van der Waals surface area contributed by atoms with Crippen molar-refractivity contribution in [3.05, 3.63) is 0 Å². The minimum Gasteiger partial charge on any atom is -0.481 e. The van der Waals surface area contributed by atoms with Crippen LogP contribution in [0.2, 0.25) is 0 Å². The highest BCUT2D eigenvalue weighted by Gasteiger charge is 2.28. The van der Waals surface area contributed by atoms with Gasteiger partial charge >= 0.3 is 5.97 Å². The molecule has 0 rings (SSSR count). The van der Waals surface area contributed by atoms with Gasteiger partial charge in [0.1, 0.15) is 0 Å². The molecule has 0 aliphatic rings. The van der Waals surface area contributed by atoms with E-state index in [1.165, 1.54) is 22.6 Å². The van der Waals surface area contributed by atoms with Crippen LogP contribution in [0.3, 0.4) is 0 Å². The Kier molecular flexibility index (Phi) is 7.42. The van der Waals surface area contributed by atoms with Gasteiger partial charge in [-0.1, -0.05) is 27.2 Å². The van der Waals surface area contributed by atoms with Crippen LogP contribution in [0.4, 0.5) is 0 Å². The highest BCUT2D eigenvalue weighted by Crippen LogP contribution is 2.10. The van der Waals surface area contributed by atoms with Gasteiger partial charge in [0.15, 0.2) is 0 Å². The van der Waals surface area contributed by atoms with E-state index in [1.807, 2.05) is 6.92 Å². The second kappa shape index (κ2) is 7.70. The summed E-state index contributed by atoms with van der Waals surface area (Å²) in [5.74, 6) is -1.70. The van der Waals surface area contributed by atoms with Crippen LogP contribution in [-0.2, 0) is 15.0 Å². The average Bonchev–Trinajstić information content (AvgIpc) is 2.31. The van der Waals surface area contributed by atoms with Crippen molar-refractivity contribution in [2.24, 2.45) is 5.92 Å². The van der Waals surface area contributed by atoms with E-state index in [4.69, 9.17) is 5.11 Å². The van der Waals surface area contributed by atoms with Crippen molar-refractivity contribution in [2.75, 3.05) is 26.7 Å². The lowest BCUT2D eigenvalue weighted by Gasteiger charge is -2.27. The Bertz CT molecular complexity index is 356. The second-order valence-electron chi connectivity index (χ2n) is 4.37. The number of hydrogen-bond donors (Lipinski definition) is 1. The predicted octanol–water partition coefficient (Wildman–Crippen LogP) is 1.01. The second-order valence-corrected chi connectivity index (χ2v) is 6.41. The third-order valence-corrected chi connectivity index (χ3v) is 4.83. The Hall–Kier alpha value is -0.660. The molecule has 0 radical (unpaired) electrons. The van der Waals surface area contributed by atoms with Gasteiger partial charge in [0.2, 0.25) is 0 Å². The monoisotopic (exact) mass is 280 g/mol. The Morgan fingerprint density at radius 1 is 1.33 bits per heavy atom. The van der Waals surface area contributed by atoms with E-state index >= 15 is 0 Å². The number of nitrogens with zero attached hydrogens (tertiary/aromatic N) is 2. The van der Waals surface area contributed by atoms with Crippen LogP contribution in [0.1, 0.15) is 33.6 Å². The van der Waals surface area contributed by atoms with E-state index in [1.54, 1.807) is 6.92 Å². The zero-order valence-electron chi connectivity index (χ0n) is 11.6. The fourth-order valence-electron chi connectivity index (χ4n) is 1.46. The van der Waals surface area contributed by atoms with Gasteiger partial charge in [0.05, 0.1) is 5.92 Å². The molecule has 0 aromatic rings. The van der Waals surface area contributed by atoms with Gasteiger partial charge in [0.25, 0.3) is 10.2 Å². The summed E-state index contributed by atoms with van der Waals surface area (Å²) in [5, 5.41) is 8.84. The smallest absolute Gasteiger partial charge is 0.307 e. The van der Waals surface area contributed by atoms with E-state index < -0.39 is 22.1 Å². The normalized spacial score (nSPS) is 14.1. The Morgan fingerprint density at radius 3 is 2.28 bits per heavy atom. The largest absolute Gasteiger partial charge is 0.481 e. The molecule has 7 heteroatoms. The third-order valence-electron chi connectivity index (χ3n) is 2.80. The number of aliphatic carboxylic acids is 1. The van der Waals surface area contributed by atoms with Gasteiger partial charge in [-0.3, -0.25) is 4.79 Å². The number of unbranched alkanes of at least 4 members (excludes halogenated alkanes) is 1. The fraction of sp³-hybridized carbons (Fsp3) is 0.909. The molecule has 0 heterocycles. The molecule has 0 aromatic heterocycles. The molecule has 0 spiro atoms. The standard InChI is InChI=1S/C11H24N2O4S/c1-5-7-8-12(4)18(16,17)13(6-2)9-10(3)11(14)15/h10H,5-9H2,1-4H3,(H,14,15). The lowest BCUT2D eigenvalue weighted by molar-refractivity contribution is -0.141. The van der Waals surface area contributed by atoms with E-state index in [9.17, 15) is 13.2 Å². The van der Waals surface area contributed by atoms with Crippen LogP contribution in [-0.4, -0.2) is 54.8 Å². The number of rotatable bonds is 9. The summed E-state index contributed by atoms with van der Waals surface area (Å²) in [7, 11) is -2.02. The molecule has 18 heavy (non-hydrogen) atoms. The molecule has 0 fully saturated rings. The van der Waals surface area contributed by atoms with Crippen molar-refractivity contribution < 1.29 is 18.3 Å². The fourth-order valence-corrected chi connectivity index (χ4v) is 2.96. The zero-order valence-corrected chi connectivity index (χ0v) is 12.4. The van der Waals surface area contributed by atoms with Crippen molar-refractivity contribution in [3.63, 3.8) is 0 Å². The van der Waals surface area contributed by atoms with Crippen LogP contribution in [0.5, 0.6) is 0 Å². The highest BCUT2D eigenvalue weighted by molar-refractivity contribution is 7.86. The number of carboxylic acid groups (broad SMARTS) is 1. The maximum Gasteiger partial charge on any atom is 0.307 e. The maximum absolute atomic E-state index is 12.2. The first-order valence-corrected chi connectivity index (χ1v) is 7.61. The summed E-state index contributed by atoms with van der Waals surface area (Å²) in [4.78, 5) is 10.8. The molecule has 0 bridgehead atoms. The summed E-state index contributed by atoms with van der Waals surface area (Å²) in [6, 6.07) is 0. The summed E-state index contributed by atoms with van der Waals surface area (Å²) in [5.41, 5.74) is 0. The van der Waals surface area contributed by atoms with Gasteiger partial charge in [-0.05, 0) is 6.42 Å². The molecular formula is C11H24N2O4S. The molecule has 108 valence electrons. The van der Waals surface area contributed by atoms with Gasteiger partial charge in [-0.25, -0.2) is 0 Å². The molecule has 0 saturated heterocycles. The van der Waals surface area contributed by atoms with Gasteiger partial charge < -0.3 is 5.11 Å². The van der Waals surface area contributed by atoms with E-state index in [0.29, 0.717) is 6.54 Å². The number of carboxylic acids is 1. The molecule has 0 amide bonds. The van der Waals surface area contributed by atoms with Crippen molar-refractivity contribution in [3.8, 4) is 0 Å². The molecule has 0 aliphatic carbocycles. The lowest BCUT2D eigenvalue weighted by atomic mass is 10.2. The molecule has 1 unspecified atom stereocenters. The Labute approximate surface area is 110 Å². The third kappa shape index (κ3) is 4.91. The van der Waals surface area contributed by atoms with Gasteiger partial charge in [-0.15, -0.1) is 0 Å². The molecular weight excluding hydrogens is 256 g/mol. The Balaban J connectivity index is 4.76. The number of hydrogen-bond acceptors (Lipinski definition) is 3. The molecule has 1 atom stereocenters. The SMILES string of the molecule is CCCCN(C)S(=O)(=O)N(CC)CC(C)C(=O)O. The Morgan fingerprint density at radius 2 is 1.89 bits per heavy atom. The van der Waals surface area contributed by atoms with E-state index in [2.05, 4.69) is 0 Å². The van der Waals surface area contributed by atoms with Crippen LogP contribution in [0.25, 0.3) is 0 Å². The summed E-state index contributed by atoms with van der Waals surface area (Å²) in [6.07, 6.45) is 1.71. The van der Waals surface area contributed by atoms with Crippen molar-refractivity contribution in [2.45, 2.75) is 33.6 Å². The summed E-state index contributed by atoms with van der Waals surface area (Å²) in [6.45, 7) is 5.94. The first-order valence-electron chi connectivity index (χ1n) is 6.21. The first kappa shape index (κ1) is 17.3. The van der Waals surface area contributed by atoms with Crippen LogP contribution >= 0.6 is 0 Å². The van der Waals surface area contributed by atoms with E-state index in [0.717, 1.165) is 12.8 Å². The summed E-state index contributed by atoms with van der Waals surface area (Å²) >= 11 is 0. The van der Waals surface area contributed by atoms with Gasteiger partial charge in [0, 0.05) is 26.7 Å². The van der Waals surface area contributed by atoms with Crippen molar-refractivity contribution >= 4 is 16.2 Å². The highest BCUT2D eigenvalue weighted by atomic mass is 32.2. The minimum atomic E-state index is -3.55. The van der Waals surface area contributed by atoms with Crippen LogP contribution in [0.15, 0.2) is 0 Å². The van der Waals surface area contributed by atoms with Crippen LogP contribution < -0.4 is 0 Å². The van der Waals surface area contributed by atoms with Crippen molar-refractivity contribution in [1.82, 2.24) is 8.61 Å². The van der Waals surface area contributed by atoms with Crippen molar-refractivity contribution in [1.29, 1.82) is 0 Å². The first-order chi connectivity index (χ1) is 8.27. The topological polar surface area (TPSA) is 77.9 Å². The van der Waals surface area contributed by atoms with Gasteiger partial charge in [-0.2, -0.15) is 17.0 Å². The average molecular weight is 280 g/mol. The number of carbonyl (C=O) groups is 1. The molecule has 0 saturated carbocycles. The van der Waals surface area contributed by atoms with E-state index in [-0.39, 0.29) is 13.1 Å². The quantitative estimate of drug-likeness (QED) is 0.683. The predicted molar refractivity (Wildman–Crippen MR) is 70.5 cm³/mol. The van der Waals surface area contributed by atoms with Crippen LogP contribution in [0, 0.1) is 5.92 Å². The minimum absolute atomic E-state index is 0.00459. The maximum atomic E-state index is 12.2. The molecule has 0 aliphatic heterocycles. The molecule has 1 N–H and O–H groups in total. The zero-order chi connectivity index (χ0) is 14.3. The lowest BCUT2D eigenvalue weighted by Crippen LogP contribution is -2.44. The molecule has 0 aromatic carbocycles. The summed E-state index contributed by atoms with van der Waals surface area (Å²) < 4.78 is 26.9. The molecule has 6 nitrogen and oxygen atoms in total.